The van der Waals surface area contributed by atoms with Gasteiger partial charge in [-0.05, 0) is 51.6 Å². The number of carbonyl (C=O) groups is 3. The average molecular weight is 393 g/mol. The van der Waals surface area contributed by atoms with E-state index in [9.17, 15) is 14.4 Å². The zero-order chi connectivity index (χ0) is 20.1. The van der Waals surface area contributed by atoms with Crippen LogP contribution in [0.3, 0.4) is 0 Å². The first kappa shape index (κ1) is 20.8. The molecule has 1 aromatic carbocycles. The molecule has 7 nitrogen and oxygen atoms in total. The van der Waals surface area contributed by atoms with E-state index in [-0.39, 0.29) is 17.6 Å². The number of nitrogens with zero attached hydrogens (tertiary/aromatic N) is 1. The van der Waals surface area contributed by atoms with Crippen LogP contribution in [0.2, 0.25) is 0 Å². The molecule has 0 bridgehead atoms. The Kier molecular flexibility index (Phi) is 6.90. The molecule has 0 radical (unpaired) electrons. The maximum absolute atomic E-state index is 12.7. The number of para-hydroxylation sites is 1. The topological polar surface area (TPSA) is 82.1 Å². The van der Waals surface area contributed by atoms with E-state index < -0.39 is 23.2 Å². The molecule has 146 valence electrons. The summed E-state index contributed by atoms with van der Waals surface area (Å²) in [5.41, 5.74) is 0.609. The lowest BCUT2D eigenvalue weighted by Crippen LogP contribution is -2.42. The molecule has 1 aliphatic rings. The van der Waals surface area contributed by atoms with E-state index in [1.807, 2.05) is 13.8 Å². The van der Waals surface area contributed by atoms with Gasteiger partial charge in [-0.2, -0.15) is 0 Å². The SMILES string of the molecule is CCOC(=O)[C@@H](C)N1C(=O)S/C(=C/c2cccc(OC)c2OC(C)C)C1=O. The van der Waals surface area contributed by atoms with Gasteiger partial charge in [-0.15, -0.1) is 0 Å². The molecule has 1 fully saturated rings. The van der Waals surface area contributed by atoms with Gasteiger partial charge in [0.2, 0.25) is 0 Å². The van der Waals surface area contributed by atoms with Crippen molar-refractivity contribution in [2.24, 2.45) is 0 Å². The van der Waals surface area contributed by atoms with Crippen LogP contribution in [-0.2, 0) is 14.3 Å². The van der Waals surface area contributed by atoms with Crippen molar-refractivity contribution >= 4 is 35.0 Å². The lowest BCUT2D eigenvalue weighted by Gasteiger charge is -2.19. The van der Waals surface area contributed by atoms with Crippen molar-refractivity contribution in [2.75, 3.05) is 13.7 Å². The second-order valence-electron chi connectivity index (χ2n) is 6.02. The predicted molar refractivity (Wildman–Crippen MR) is 103 cm³/mol. The standard InChI is InChI=1S/C19H23NO6S/c1-6-25-18(22)12(4)20-17(21)15(27-19(20)23)10-13-8-7-9-14(24-5)16(13)26-11(2)3/h7-12H,6H2,1-5H3/b15-10+/t12-/m1/s1. The van der Waals surface area contributed by atoms with Crippen LogP contribution in [0.1, 0.15) is 33.3 Å². The highest BCUT2D eigenvalue weighted by Crippen LogP contribution is 2.38. The average Bonchev–Trinajstić information content (AvgIpc) is 2.89. The van der Waals surface area contributed by atoms with Crippen LogP contribution in [0.5, 0.6) is 11.5 Å². The number of amides is 2. The fraction of sp³-hybridized carbons (Fsp3) is 0.421. The summed E-state index contributed by atoms with van der Waals surface area (Å²) >= 11 is 0.776. The Bertz CT molecular complexity index is 773. The van der Waals surface area contributed by atoms with E-state index in [0.29, 0.717) is 17.1 Å². The van der Waals surface area contributed by atoms with Crippen LogP contribution in [-0.4, -0.2) is 47.9 Å². The molecule has 27 heavy (non-hydrogen) atoms. The predicted octanol–water partition coefficient (Wildman–Crippen LogP) is 3.47. The number of hydrogen-bond acceptors (Lipinski definition) is 7. The first-order valence-electron chi connectivity index (χ1n) is 8.57. The number of carbonyl (C=O) groups excluding carboxylic acids is 3. The minimum Gasteiger partial charge on any atom is -0.493 e. The maximum atomic E-state index is 12.7. The molecule has 0 unspecified atom stereocenters. The van der Waals surface area contributed by atoms with E-state index in [1.54, 1.807) is 31.2 Å². The van der Waals surface area contributed by atoms with E-state index in [0.717, 1.165) is 16.7 Å². The molecule has 0 aliphatic carbocycles. The molecule has 2 amide bonds. The number of thioether (sulfide) groups is 1. The van der Waals surface area contributed by atoms with Crippen molar-refractivity contribution in [3.63, 3.8) is 0 Å². The van der Waals surface area contributed by atoms with Gasteiger partial charge in [0.15, 0.2) is 11.5 Å². The van der Waals surface area contributed by atoms with Crippen molar-refractivity contribution in [1.29, 1.82) is 0 Å². The highest BCUT2D eigenvalue weighted by molar-refractivity contribution is 8.18. The Hall–Kier alpha value is -2.48. The summed E-state index contributed by atoms with van der Waals surface area (Å²) in [6, 6.07) is 4.30. The number of ether oxygens (including phenoxy) is 3. The van der Waals surface area contributed by atoms with Gasteiger partial charge in [-0.25, -0.2) is 4.79 Å². The Morgan fingerprint density at radius 2 is 1.96 bits per heavy atom. The van der Waals surface area contributed by atoms with Crippen molar-refractivity contribution in [1.82, 2.24) is 4.90 Å². The zero-order valence-electron chi connectivity index (χ0n) is 16.0. The summed E-state index contributed by atoms with van der Waals surface area (Å²) in [7, 11) is 1.53. The quantitative estimate of drug-likeness (QED) is 0.518. The molecule has 0 aromatic heterocycles. The number of methoxy groups -OCH3 is 1. The molecule has 8 heteroatoms. The Balaban J connectivity index is 2.37. The largest absolute Gasteiger partial charge is 0.493 e. The van der Waals surface area contributed by atoms with Gasteiger partial charge in [0.1, 0.15) is 6.04 Å². The van der Waals surface area contributed by atoms with E-state index in [1.165, 1.54) is 14.0 Å². The number of esters is 1. The molecule has 0 N–H and O–H groups in total. The molecule has 0 spiro atoms. The summed E-state index contributed by atoms with van der Waals surface area (Å²) in [5, 5.41) is -0.513. The molecule has 1 atom stereocenters. The summed E-state index contributed by atoms with van der Waals surface area (Å²) < 4.78 is 16.1. The molecule has 1 aromatic rings. The van der Waals surface area contributed by atoms with Crippen molar-refractivity contribution in [2.45, 2.75) is 39.8 Å². The fourth-order valence-corrected chi connectivity index (χ4v) is 3.39. The summed E-state index contributed by atoms with van der Waals surface area (Å²) in [4.78, 5) is 38.0. The van der Waals surface area contributed by atoms with Gasteiger partial charge in [0.05, 0.1) is 24.7 Å². The minimum atomic E-state index is -0.986. The fourth-order valence-electron chi connectivity index (χ4n) is 2.49. The van der Waals surface area contributed by atoms with Crippen molar-refractivity contribution in [3.05, 3.63) is 28.7 Å². The lowest BCUT2D eigenvalue weighted by molar-refractivity contribution is -0.150. The van der Waals surface area contributed by atoms with Crippen LogP contribution >= 0.6 is 11.8 Å². The smallest absolute Gasteiger partial charge is 0.329 e. The minimum absolute atomic E-state index is 0.104. The van der Waals surface area contributed by atoms with Crippen LogP contribution in [0.4, 0.5) is 4.79 Å². The summed E-state index contributed by atoms with van der Waals surface area (Å²) in [6.45, 7) is 7.07. The molecule has 1 saturated heterocycles. The third-order valence-electron chi connectivity index (χ3n) is 3.71. The van der Waals surface area contributed by atoms with Gasteiger partial charge in [0.25, 0.3) is 11.1 Å². The maximum Gasteiger partial charge on any atom is 0.329 e. The Morgan fingerprint density at radius 1 is 1.26 bits per heavy atom. The molecule has 1 aliphatic heterocycles. The lowest BCUT2D eigenvalue weighted by atomic mass is 10.1. The number of rotatable bonds is 7. The van der Waals surface area contributed by atoms with E-state index >= 15 is 0 Å². The highest BCUT2D eigenvalue weighted by Gasteiger charge is 2.41. The third-order valence-corrected chi connectivity index (χ3v) is 4.59. The van der Waals surface area contributed by atoms with Crippen molar-refractivity contribution < 1.29 is 28.6 Å². The first-order chi connectivity index (χ1) is 12.8. The first-order valence-corrected chi connectivity index (χ1v) is 9.39. The van der Waals surface area contributed by atoms with Crippen LogP contribution in [0.15, 0.2) is 23.1 Å². The van der Waals surface area contributed by atoms with Crippen LogP contribution in [0.25, 0.3) is 6.08 Å². The van der Waals surface area contributed by atoms with Gasteiger partial charge < -0.3 is 14.2 Å². The Labute approximate surface area is 162 Å². The normalized spacial score (nSPS) is 16.8. The second-order valence-corrected chi connectivity index (χ2v) is 7.02. The van der Waals surface area contributed by atoms with Gasteiger partial charge in [0, 0.05) is 5.56 Å². The van der Waals surface area contributed by atoms with Crippen LogP contribution < -0.4 is 9.47 Å². The van der Waals surface area contributed by atoms with Gasteiger partial charge in [-0.3, -0.25) is 14.5 Å². The Morgan fingerprint density at radius 3 is 2.56 bits per heavy atom. The zero-order valence-corrected chi connectivity index (χ0v) is 16.8. The van der Waals surface area contributed by atoms with Gasteiger partial charge >= 0.3 is 5.97 Å². The highest BCUT2D eigenvalue weighted by atomic mass is 32.2. The summed E-state index contributed by atoms with van der Waals surface area (Å²) in [6.07, 6.45) is 1.47. The van der Waals surface area contributed by atoms with Gasteiger partial charge in [-0.1, -0.05) is 12.1 Å². The third kappa shape index (κ3) is 4.63. The van der Waals surface area contributed by atoms with Crippen LogP contribution in [0, 0.1) is 0 Å². The molecular weight excluding hydrogens is 370 g/mol. The summed E-state index contributed by atoms with van der Waals surface area (Å²) in [5.74, 6) is -0.146. The number of benzene rings is 1. The number of hydrogen-bond donors (Lipinski definition) is 0. The van der Waals surface area contributed by atoms with E-state index in [4.69, 9.17) is 14.2 Å². The van der Waals surface area contributed by atoms with E-state index in [2.05, 4.69) is 0 Å². The molecular formula is C19H23NO6S. The molecule has 0 saturated carbocycles. The number of imide groups is 1. The van der Waals surface area contributed by atoms with Crippen molar-refractivity contribution in [3.8, 4) is 11.5 Å². The monoisotopic (exact) mass is 393 g/mol. The molecule has 1 heterocycles. The molecule has 2 rings (SSSR count). The second kappa shape index (κ2) is 8.94.